The second kappa shape index (κ2) is 7.42. The maximum atomic E-state index is 5.73. The van der Waals surface area contributed by atoms with Crippen LogP contribution in [0, 0.1) is 13.3 Å². The van der Waals surface area contributed by atoms with Gasteiger partial charge in [-0.2, -0.15) is 0 Å². The van der Waals surface area contributed by atoms with Gasteiger partial charge in [-0.1, -0.05) is 17.7 Å². The number of benzene rings is 1. The van der Waals surface area contributed by atoms with E-state index >= 15 is 0 Å². The SMILES string of the molecule is Cc1ccc(OCCCCN2CC[CH]CC2)cc1. The molecule has 0 aromatic heterocycles. The Morgan fingerprint density at radius 2 is 1.78 bits per heavy atom. The third kappa shape index (κ3) is 4.69. The van der Waals surface area contributed by atoms with Gasteiger partial charge in [0.25, 0.3) is 0 Å². The Morgan fingerprint density at radius 3 is 2.50 bits per heavy atom. The summed E-state index contributed by atoms with van der Waals surface area (Å²) in [5.74, 6) is 0.994. The molecule has 1 saturated heterocycles. The van der Waals surface area contributed by atoms with Gasteiger partial charge in [-0.15, -0.1) is 0 Å². The standard InChI is InChI=1S/C16H24NO/c1-15-7-9-16(10-8-15)18-14-6-5-13-17-11-3-2-4-12-17/h2,7-10H,3-6,11-14H2,1H3. The number of ether oxygens (including phenoxy) is 1. The average molecular weight is 246 g/mol. The van der Waals surface area contributed by atoms with Crippen molar-refractivity contribution >= 4 is 0 Å². The zero-order valence-corrected chi connectivity index (χ0v) is 11.4. The highest BCUT2D eigenvalue weighted by molar-refractivity contribution is 5.26. The van der Waals surface area contributed by atoms with E-state index in [1.807, 2.05) is 0 Å². The molecule has 2 nitrogen and oxygen atoms in total. The largest absolute Gasteiger partial charge is 0.494 e. The zero-order chi connectivity index (χ0) is 12.6. The van der Waals surface area contributed by atoms with Crippen LogP contribution in [-0.2, 0) is 0 Å². The van der Waals surface area contributed by atoms with Crippen LogP contribution in [0.1, 0.15) is 31.2 Å². The molecule has 2 rings (SSSR count). The number of hydrogen-bond donors (Lipinski definition) is 0. The molecule has 0 aliphatic carbocycles. The highest BCUT2D eigenvalue weighted by Gasteiger charge is 2.08. The van der Waals surface area contributed by atoms with Crippen LogP contribution in [0.2, 0.25) is 0 Å². The van der Waals surface area contributed by atoms with Crippen molar-refractivity contribution < 1.29 is 4.74 Å². The van der Waals surface area contributed by atoms with E-state index in [9.17, 15) is 0 Å². The van der Waals surface area contributed by atoms with E-state index in [0.717, 1.165) is 18.8 Å². The van der Waals surface area contributed by atoms with Crippen LogP contribution in [0.5, 0.6) is 5.75 Å². The number of likely N-dealkylation sites (tertiary alicyclic amines) is 1. The summed E-state index contributed by atoms with van der Waals surface area (Å²) < 4.78 is 5.73. The van der Waals surface area contributed by atoms with Gasteiger partial charge in [0.2, 0.25) is 0 Å². The quantitative estimate of drug-likeness (QED) is 0.713. The van der Waals surface area contributed by atoms with Gasteiger partial charge in [0.15, 0.2) is 0 Å². The van der Waals surface area contributed by atoms with Crippen molar-refractivity contribution in [2.75, 3.05) is 26.2 Å². The lowest BCUT2D eigenvalue weighted by molar-refractivity contribution is 0.235. The van der Waals surface area contributed by atoms with Gasteiger partial charge in [-0.3, -0.25) is 0 Å². The molecule has 1 aliphatic rings. The van der Waals surface area contributed by atoms with E-state index in [2.05, 4.69) is 42.5 Å². The van der Waals surface area contributed by atoms with Crippen molar-refractivity contribution in [3.63, 3.8) is 0 Å². The lowest BCUT2D eigenvalue weighted by Crippen LogP contribution is -2.30. The fraction of sp³-hybridized carbons (Fsp3) is 0.562. The van der Waals surface area contributed by atoms with Crippen LogP contribution < -0.4 is 4.74 Å². The van der Waals surface area contributed by atoms with Crippen molar-refractivity contribution in [1.82, 2.24) is 4.90 Å². The molecule has 0 N–H and O–H groups in total. The van der Waals surface area contributed by atoms with Crippen molar-refractivity contribution in [2.45, 2.75) is 32.6 Å². The predicted octanol–water partition coefficient (Wildman–Crippen LogP) is 3.45. The molecule has 0 spiro atoms. The first-order valence-corrected chi connectivity index (χ1v) is 7.08. The molecule has 0 bridgehead atoms. The first-order chi connectivity index (χ1) is 8.84. The minimum atomic E-state index is 0.836. The molecule has 1 aromatic rings. The summed E-state index contributed by atoms with van der Waals surface area (Å²) in [7, 11) is 0. The molecule has 0 unspecified atom stereocenters. The number of piperidine rings is 1. The van der Waals surface area contributed by atoms with Gasteiger partial charge >= 0.3 is 0 Å². The van der Waals surface area contributed by atoms with Gasteiger partial charge in [0.05, 0.1) is 6.61 Å². The molecule has 18 heavy (non-hydrogen) atoms. The Balaban J connectivity index is 1.54. The molecule has 0 atom stereocenters. The molecule has 0 amide bonds. The summed E-state index contributed by atoms with van der Waals surface area (Å²) in [6.07, 6.45) is 7.32. The zero-order valence-electron chi connectivity index (χ0n) is 11.4. The van der Waals surface area contributed by atoms with E-state index in [1.165, 1.54) is 44.5 Å². The smallest absolute Gasteiger partial charge is 0.119 e. The number of rotatable bonds is 6. The highest BCUT2D eigenvalue weighted by atomic mass is 16.5. The summed E-state index contributed by atoms with van der Waals surface area (Å²) in [5.41, 5.74) is 1.28. The normalized spacial score (nSPS) is 16.7. The van der Waals surface area contributed by atoms with Crippen molar-refractivity contribution in [2.24, 2.45) is 0 Å². The molecule has 1 aliphatic heterocycles. The monoisotopic (exact) mass is 246 g/mol. The second-order valence-electron chi connectivity index (χ2n) is 5.08. The van der Waals surface area contributed by atoms with E-state index in [0.29, 0.717) is 0 Å². The maximum absolute atomic E-state index is 5.73. The Hall–Kier alpha value is -1.02. The molecule has 99 valence electrons. The molecular formula is C16H24NO. The fourth-order valence-corrected chi connectivity index (χ4v) is 2.29. The lowest BCUT2D eigenvalue weighted by atomic mass is 10.1. The van der Waals surface area contributed by atoms with Crippen LogP contribution in [-0.4, -0.2) is 31.1 Å². The number of aryl methyl sites for hydroxylation is 1. The van der Waals surface area contributed by atoms with Crippen LogP contribution in [0.15, 0.2) is 24.3 Å². The van der Waals surface area contributed by atoms with Crippen LogP contribution in [0.25, 0.3) is 0 Å². The van der Waals surface area contributed by atoms with Gasteiger partial charge in [0, 0.05) is 0 Å². The van der Waals surface area contributed by atoms with E-state index in [-0.39, 0.29) is 0 Å². The van der Waals surface area contributed by atoms with E-state index < -0.39 is 0 Å². The minimum Gasteiger partial charge on any atom is -0.494 e. The summed E-state index contributed by atoms with van der Waals surface area (Å²) >= 11 is 0. The molecule has 1 fully saturated rings. The first kappa shape index (κ1) is 13.4. The Bertz CT molecular complexity index is 327. The summed E-state index contributed by atoms with van der Waals surface area (Å²) in [5, 5.41) is 0. The molecule has 1 aromatic carbocycles. The lowest BCUT2D eigenvalue weighted by Gasteiger charge is -2.26. The Kier molecular flexibility index (Phi) is 5.53. The molecule has 1 heterocycles. The van der Waals surface area contributed by atoms with E-state index in [1.54, 1.807) is 0 Å². The van der Waals surface area contributed by atoms with Gasteiger partial charge in [-0.25, -0.2) is 0 Å². The molecule has 0 saturated carbocycles. The Labute approximate surface area is 111 Å². The molecule has 2 heteroatoms. The Morgan fingerprint density at radius 1 is 1.06 bits per heavy atom. The second-order valence-corrected chi connectivity index (χ2v) is 5.08. The van der Waals surface area contributed by atoms with Crippen molar-refractivity contribution in [3.05, 3.63) is 36.2 Å². The highest BCUT2D eigenvalue weighted by Crippen LogP contribution is 2.12. The van der Waals surface area contributed by atoms with Gasteiger partial charge < -0.3 is 9.64 Å². The number of nitrogens with zero attached hydrogens (tertiary/aromatic N) is 1. The van der Waals surface area contributed by atoms with E-state index in [4.69, 9.17) is 4.74 Å². The van der Waals surface area contributed by atoms with Crippen LogP contribution in [0.3, 0.4) is 0 Å². The van der Waals surface area contributed by atoms with Crippen molar-refractivity contribution in [1.29, 1.82) is 0 Å². The summed E-state index contributed by atoms with van der Waals surface area (Å²) in [4.78, 5) is 2.56. The third-order valence-electron chi connectivity index (χ3n) is 3.46. The minimum absolute atomic E-state index is 0.836. The van der Waals surface area contributed by atoms with Gasteiger partial charge in [0.1, 0.15) is 5.75 Å². The topological polar surface area (TPSA) is 12.5 Å². The van der Waals surface area contributed by atoms with Crippen LogP contribution in [0.4, 0.5) is 0 Å². The number of unbranched alkanes of at least 4 members (excludes halogenated alkanes) is 1. The predicted molar refractivity (Wildman–Crippen MR) is 75.9 cm³/mol. The summed E-state index contributed by atoms with van der Waals surface area (Å²) in [6, 6.07) is 8.30. The third-order valence-corrected chi connectivity index (χ3v) is 3.46. The van der Waals surface area contributed by atoms with Crippen molar-refractivity contribution in [3.8, 4) is 5.75 Å². The summed E-state index contributed by atoms with van der Waals surface area (Å²) in [6.45, 7) is 6.66. The van der Waals surface area contributed by atoms with Crippen LogP contribution >= 0.6 is 0 Å². The maximum Gasteiger partial charge on any atom is 0.119 e. The average Bonchev–Trinajstić information content (AvgIpc) is 2.42. The fourth-order valence-electron chi connectivity index (χ4n) is 2.29. The molecular weight excluding hydrogens is 222 g/mol. The molecule has 1 radical (unpaired) electrons. The van der Waals surface area contributed by atoms with Gasteiger partial charge in [-0.05, 0) is 70.8 Å². The number of hydrogen-bond acceptors (Lipinski definition) is 2. The first-order valence-electron chi connectivity index (χ1n) is 7.08.